The van der Waals surface area contributed by atoms with Gasteiger partial charge in [0, 0.05) is 11.6 Å². The summed E-state index contributed by atoms with van der Waals surface area (Å²) < 4.78 is 31.5. The summed E-state index contributed by atoms with van der Waals surface area (Å²) in [5.74, 6) is 0.948. The lowest BCUT2D eigenvalue weighted by molar-refractivity contribution is -0.118. The quantitative estimate of drug-likeness (QED) is 0.588. The summed E-state index contributed by atoms with van der Waals surface area (Å²) >= 11 is 0. The van der Waals surface area contributed by atoms with Crippen LogP contribution in [0.5, 0.6) is 5.75 Å². The van der Waals surface area contributed by atoms with Crippen molar-refractivity contribution in [1.82, 2.24) is 9.78 Å². The van der Waals surface area contributed by atoms with E-state index in [4.69, 9.17) is 9.84 Å². The van der Waals surface area contributed by atoms with Crippen molar-refractivity contribution in [2.45, 2.75) is 40.2 Å². The number of nitrogens with zero attached hydrogens (tertiary/aromatic N) is 2. The zero-order valence-corrected chi connectivity index (χ0v) is 20.2. The molecular weight excluding hydrogens is 438 g/mol. The van der Waals surface area contributed by atoms with Gasteiger partial charge in [0.05, 0.1) is 23.2 Å². The Labute approximate surface area is 194 Å². The van der Waals surface area contributed by atoms with E-state index in [0.29, 0.717) is 23.7 Å². The van der Waals surface area contributed by atoms with Gasteiger partial charge in [-0.05, 0) is 68.5 Å². The average molecular weight is 468 g/mol. The second-order valence-electron chi connectivity index (χ2n) is 8.75. The van der Waals surface area contributed by atoms with E-state index in [0.717, 1.165) is 22.3 Å². The predicted octanol–water partition coefficient (Wildman–Crippen LogP) is 4.16. The summed E-state index contributed by atoms with van der Waals surface area (Å²) in [4.78, 5) is 12.7. The predicted molar refractivity (Wildman–Crippen MR) is 129 cm³/mol. The summed E-state index contributed by atoms with van der Waals surface area (Å²) in [6, 6.07) is 13.3. The zero-order valence-electron chi connectivity index (χ0n) is 19.4. The van der Waals surface area contributed by atoms with Crippen LogP contribution in [0, 0.1) is 27.7 Å². The number of hydrogen-bond acceptors (Lipinski definition) is 5. The molecule has 1 aliphatic heterocycles. The van der Waals surface area contributed by atoms with Crippen molar-refractivity contribution in [2.75, 3.05) is 23.4 Å². The number of sulfone groups is 1. The van der Waals surface area contributed by atoms with Gasteiger partial charge in [0.1, 0.15) is 11.6 Å². The highest BCUT2D eigenvalue weighted by Crippen LogP contribution is 2.31. The number of ether oxygens (including phenoxy) is 1. The van der Waals surface area contributed by atoms with Crippen molar-refractivity contribution in [1.29, 1.82) is 0 Å². The minimum absolute atomic E-state index is 0.0168. The number of hydrogen-bond donors (Lipinski definition) is 1. The number of carbonyl (C=O) groups is 1. The molecule has 0 saturated carbocycles. The zero-order chi connectivity index (χ0) is 23.8. The van der Waals surface area contributed by atoms with Gasteiger partial charge in [-0.25, -0.2) is 13.1 Å². The molecule has 1 aliphatic rings. The normalized spacial score (nSPS) is 17.2. The number of aryl methyl sites for hydroxylation is 3. The Morgan fingerprint density at radius 3 is 2.58 bits per heavy atom. The van der Waals surface area contributed by atoms with Crippen molar-refractivity contribution in [3.05, 3.63) is 64.7 Å². The second-order valence-corrected chi connectivity index (χ2v) is 11.0. The average Bonchev–Trinajstić information content (AvgIpc) is 3.34. The van der Waals surface area contributed by atoms with Crippen LogP contribution in [-0.4, -0.2) is 42.2 Å². The highest BCUT2D eigenvalue weighted by atomic mass is 32.2. The van der Waals surface area contributed by atoms with Crippen molar-refractivity contribution in [3.8, 4) is 17.0 Å². The van der Waals surface area contributed by atoms with Gasteiger partial charge in [-0.2, -0.15) is 5.10 Å². The Hall–Kier alpha value is -3.13. The van der Waals surface area contributed by atoms with Crippen LogP contribution in [0.4, 0.5) is 5.82 Å². The van der Waals surface area contributed by atoms with E-state index in [2.05, 4.69) is 5.32 Å². The highest BCUT2D eigenvalue weighted by Gasteiger charge is 2.32. The lowest BCUT2D eigenvalue weighted by Crippen LogP contribution is -2.24. The van der Waals surface area contributed by atoms with Gasteiger partial charge in [0.25, 0.3) is 5.91 Å². The summed E-state index contributed by atoms with van der Waals surface area (Å²) in [5.41, 5.74) is 6.00. The molecule has 1 amide bonds. The fourth-order valence-corrected chi connectivity index (χ4v) is 5.67. The Kier molecular flexibility index (Phi) is 6.30. The van der Waals surface area contributed by atoms with E-state index in [-0.39, 0.29) is 30.1 Å². The molecule has 0 bridgehead atoms. The molecule has 0 spiro atoms. The summed E-state index contributed by atoms with van der Waals surface area (Å²) in [6.07, 6.45) is 0.470. The maximum atomic E-state index is 12.7. The summed E-state index contributed by atoms with van der Waals surface area (Å²) in [5, 5.41) is 7.57. The molecule has 0 unspecified atom stereocenters. The van der Waals surface area contributed by atoms with Crippen LogP contribution < -0.4 is 10.1 Å². The molecule has 8 heteroatoms. The van der Waals surface area contributed by atoms with E-state index in [1.807, 2.05) is 64.1 Å². The number of nitrogens with one attached hydrogen (secondary N) is 1. The van der Waals surface area contributed by atoms with Gasteiger partial charge in [0.2, 0.25) is 0 Å². The highest BCUT2D eigenvalue weighted by molar-refractivity contribution is 7.91. The minimum atomic E-state index is -3.11. The molecule has 174 valence electrons. The molecule has 1 N–H and O–H groups in total. The van der Waals surface area contributed by atoms with E-state index in [1.165, 1.54) is 5.56 Å². The van der Waals surface area contributed by atoms with Gasteiger partial charge >= 0.3 is 0 Å². The third-order valence-corrected chi connectivity index (χ3v) is 8.02. The number of benzene rings is 2. The molecular formula is C25H29N3O4S. The molecule has 1 saturated heterocycles. The van der Waals surface area contributed by atoms with Gasteiger partial charge in [0.15, 0.2) is 16.4 Å². The van der Waals surface area contributed by atoms with Gasteiger partial charge < -0.3 is 10.1 Å². The third-order valence-electron chi connectivity index (χ3n) is 6.27. The molecule has 3 aromatic rings. The largest absolute Gasteiger partial charge is 0.483 e. The van der Waals surface area contributed by atoms with Crippen molar-refractivity contribution in [2.24, 2.45) is 0 Å². The maximum absolute atomic E-state index is 12.7. The Morgan fingerprint density at radius 1 is 1.09 bits per heavy atom. The van der Waals surface area contributed by atoms with Gasteiger partial charge in [-0.15, -0.1) is 0 Å². The molecule has 2 heterocycles. The first-order valence-electron chi connectivity index (χ1n) is 11.0. The lowest BCUT2D eigenvalue weighted by Gasteiger charge is -2.14. The van der Waals surface area contributed by atoms with Crippen LogP contribution in [0.2, 0.25) is 0 Å². The van der Waals surface area contributed by atoms with E-state index >= 15 is 0 Å². The Balaban J connectivity index is 1.58. The minimum Gasteiger partial charge on any atom is -0.483 e. The molecule has 4 rings (SSSR count). The van der Waals surface area contributed by atoms with E-state index in [9.17, 15) is 13.2 Å². The number of aromatic nitrogens is 2. The molecule has 33 heavy (non-hydrogen) atoms. The fourth-order valence-electron chi connectivity index (χ4n) is 3.98. The van der Waals surface area contributed by atoms with Crippen LogP contribution in [0.15, 0.2) is 42.5 Å². The lowest BCUT2D eigenvalue weighted by atomic mass is 10.0. The summed E-state index contributed by atoms with van der Waals surface area (Å²) in [7, 11) is -3.11. The first-order chi connectivity index (χ1) is 15.6. The van der Waals surface area contributed by atoms with Crippen LogP contribution in [-0.2, 0) is 14.6 Å². The number of rotatable bonds is 6. The Bertz CT molecular complexity index is 1310. The SMILES string of the molecule is Cc1ccc(-c2cc(NC(=O)COc3cccc(C)c3C)n([C@H]3CCS(=O)(=O)C3)n2)cc1C. The smallest absolute Gasteiger partial charge is 0.263 e. The van der Waals surface area contributed by atoms with E-state index < -0.39 is 9.84 Å². The molecule has 1 aromatic heterocycles. The van der Waals surface area contributed by atoms with E-state index in [1.54, 1.807) is 10.7 Å². The van der Waals surface area contributed by atoms with Crippen molar-refractivity contribution in [3.63, 3.8) is 0 Å². The maximum Gasteiger partial charge on any atom is 0.263 e. The van der Waals surface area contributed by atoms with Gasteiger partial charge in [-0.3, -0.25) is 4.79 Å². The third kappa shape index (κ3) is 5.11. The number of carbonyl (C=O) groups excluding carboxylic acids is 1. The van der Waals surface area contributed by atoms with Gasteiger partial charge in [-0.1, -0.05) is 24.3 Å². The van der Waals surface area contributed by atoms with Crippen LogP contribution >= 0.6 is 0 Å². The molecule has 1 atom stereocenters. The molecule has 7 nitrogen and oxygen atoms in total. The first-order valence-corrected chi connectivity index (χ1v) is 12.8. The van der Waals surface area contributed by atoms with Crippen molar-refractivity contribution >= 4 is 21.6 Å². The second kappa shape index (κ2) is 9.02. The Morgan fingerprint density at radius 2 is 1.88 bits per heavy atom. The van der Waals surface area contributed by atoms with Crippen molar-refractivity contribution < 1.29 is 17.9 Å². The standard InChI is InChI=1S/C25H29N3O4S/c1-16-8-9-20(12-18(16)3)22-13-24(28(27-22)21-10-11-33(30,31)15-21)26-25(29)14-32-23-7-5-6-17(2)19(23)4/h5-9,12-13,21H,10-11,14-15H2,1-4H3,(H,26,29)/t21-/m0/s1. The van der Waals surface area contributed by atoms with Crippen LogP contribution in [0.25, 0.3) is 11.3 Å². The van der Waals surface area contributed by atoms with Crippen LogP contribution in [0.3, 0.4) is 0 Å². The monoisotopic (exact) mass is 467 g/mol. The number of amides is 1. The first kappa shape index (κ1) is 23.0. The summed E-state index contributed by atoms with van der Waals surface area (Å²) in [6.45, 7) is 7.87. The molecule has 0 radical (unpaired) electrons. The molecule has 2 aromatic carbocycles. The topological polar surface area (TPSA) is 90.3 Å². The molecule has 1 fully saturated rings. The molecule has 0 aliphatic carbocycles. The van der Waals surface area contributed by atoms with Crippen LogP contribution in [0.1, 0.15) is 34.7 Å². The fraction of sp³-hybridized carbons (Fsp3) is 0.360. The number of anilines is 1.